The maximum absolute atomic E-state index is 15.5. The lowest BCUT2D eigenvalue weighted by Crippen LogP contribution is -2.55. The summed E-state index contributed by atoms with van der Waals surface area (Å²) < 4.78 is 6.52. The predicted molar refractivity (Wildman–Crippen MR) is 199 cm³/mol. The topological polar surface area (TPSA) is 119 Å². The molecule has 0 radical (unpaired) electrons. The van der Waals surface area contributed by atoms with Crippen LogP contribution >= 0.6 is 0 Å². The number of cyclic esters (lactones) is 1. The van der Waals surface area contributed by atoms with Gasteiger partial charge in [0, 0.05) is 30.8 Å². The highest BCUT2D eigenvalue weighted by atomic mass is 16.6. The lowest BCUT2D eigenvalue weighted by atomic mass is 9.65. The van der Waals surface area contributed by atoms with E-state index in [1.54, 1.807) is 24.3 Å². The number of hydrogen-bond donors (Lipinski definition) is 3. The van der Waals surface area contributed by atoms with Crippen molar-refractivity contribution < 1.29 is 29.3 Å². The number of aliphatic hydroxyl groups is 1. The van der Waals surface area contributed by atoms with Crippen molar-refractivity contribution in [3.63, 3.8) is 0 Å². The molecule has 4 aliphatic heterocycles. The number of ether oxygens (including phenoxy) is 1. The molecule has 0 unspecified atom stereocenters. The Balaban J connectivity index is 1.43. The molecule has 4 aliphatic rings. The molecule has 0 aromatic heterocycles. The Kier molecular flexibility index (Phi) is 9.50. The quantitative estimate of drug-likeness (QED) is 0.167. The van der Waals surface area contributed by atoms with Gasteiger partial charge < -0.3 is 25.2 Å². The first kappa shape index (κ1) is 34.6. The average Bonchev–Trinajstić information content (AvgIpc) is 3.64. The average molecular weight is 710 g/mol. The number of anilines is 1. The summed E-state index contributed by atoms with van der Waals surface area (Å²) in [4.78, 5) is 49.7. The SMILES string of the molecule is O=C1O[C@H](c2ccccc2)[C@H](c2ccccc2)N2[C@H]1[C@@H](C(=O)N1CCCCCCC1)[C@]1(C(=O)Nc3ccc(C#CCCO)cc31)[C@H]2c1ccc(O)cc1. The predicted octanol–water partition coefficient (Wildman–Crippen LogP) is 6.19. The molecule has 9 nitrogen and oxygen atoms in total. The molecule has 1 spiro atoms. The van der Waals surface area contributed by atoms with Crippen LogP contribution in [0.5, 0.6) is 5.75 Å². The summed E-state index contributed by atoms with van der Waals surface area (Å²) in [6.07, 6.45) is 4.31. The summed E-state index contributed by atoms with van der Waals surface area (Å²) in [6.45, 7) is 0.986. The van der Waals surface area contributed by atoms with Gasteiger partial charge in [-0.1, -0.05) is 104 Å². The van der Waals surface area contributed by atoms with Crippen molar-refractivity contribution in [1.82, 2.24) is 9.80 Å². The molecule has 53 heavy (non-hydrogen) atoms. The van der Waals surface area contributed by atoms with Crippen LogP contribution in [0.25, 0.3) is 0 Å². The number of hydrogen-bond acceptors (Lipinski definition) is 7. The van der Waals surface area contributed by atoms with Crippen molar-refractivity contribution in [3.8, 4) is 17.6 Å². The van der Waals surface area contributed by atoms with E-state index >= 15 is 9.59 Å². The molecule has 8 rings (SSSR count). The van der Waals surface area contributed by atoms with E-state index in [1.807, 2.05) is 83.8 Å². The number of phenolic OH excluding ortho intramolecular Hbond substituents is 1. The van der Waals surface area contributed by atoms with E-state index in [0.717, 1.165) is 43.2 Å². The molecule has 4 heterocycles. The minimum Gasteiger partial charge on any atom is -0.508 e. The number of morpholine rings is 1. The van der Waals surface area contributed by atoms with Gasteiger partial charge in [0.25, 0.3) is 0 Å². The zero-order valence-corrected chi connectivity index (χ0v) is 29.5. The maximum Gasteiger partial charge on any atom is 0.324 e. The van der Waals surface area contributed by atoms with Crippen LogP contribution in [0.1, 0.15) is 84.5 Å². The Labute approximate surface area is 309 Å². The van der Waals surface area contributed by atoms with E-state index in [-0.39, 0.29) is 30.6 Å². The van der Waals surface area contributed by atoms with Crippen LogP contribution in [-0.4, -0.2) is 63.5 Å². The number of fused-ring (bicyclic) bond motifs is 3. The van der Waals surface area contributed by atoms with Gasteiger partial charge in [-0.25, -0.2) is 0 Å². The smallest absolute Gasteiger partial charge is 0.324 e. The van der Waals surface area contributed by atoms with Crippen molar-refractivity contribution in [2.75, 3.05) is 25.0 Å². The summed E-state index contributed by atoms with van der Waals surface area (Å²) in [5, 5.41) is 23.1. The van der Waals surface area contributed by atoms with Gasteiger partial charge in [0.15, 0.2) is 0 Å². The molecule has 0 aliphatic carbocycles. The number of carbonyl (C=O) groups excluding carboxylic acids is 3. The first-order valence-corrected chi connectivity index (χ1v) is 18.6. The molecule has 0 saturated carbocycles. The van der Waals surface area contributed by atoms with E-state index in [2.05, 4.69) is 22.1 Å². The molecular formula is C44H43N3O6. The number of nitrogens with one attached hydrogen (secondary N) is 1. The molecule has 4 aromatic carbocycles. The van der Waals surface area contributed by atoms with Crippen LogP contribution in [0.15, 0.2) is 103 Å². The third-order valence-electron chi connectivity index (χ3n) is 11.4. The number of phenols is 1. The van der Waals surface area contributed by atoms with Gasteiger partial charge in [0.05, 0.1) is 24.6 Å². The summed E-state index contributed by atoms with van der Waals surface area (Å²) in [5.74, 6) is 3.86. The van der Waals surface area contributed by atoms with Crippen molar-refractivity contribution in [3.05, 3.63) is 131 Å². The molecule has 9 heteroatoms. The first-order valence-electron chi connectivity index (χ1n) is 18.6. The van der Waals surface area contributed by atoms with Crippen molar-refractivity contribution in [1.29, 1.82) is 0 Å². The number of benzene rings is 4. The minimum atomic E-state index is -1.59. The number of carbonyl (C=O) groups is 3. The van der Waals surface area contributed by atoms with Crippen molar-refractivity contribution >= 4 is 23.5 Å². The van der Waals surface area contributed by atoms with Gasteiger partial charge in [-0.15, -0.1) is 0 Å². The van der Waals surface area contributed by atoms with Crippen LogP contribution in [0, 0.1) is 17.8 Å². The Hall–Kier alpha value is -5.43. The number of nitrogens with zero attached hydrogens (tertiary/aromatic N) is 2. The Morgan fingerprint density at radius 2 is 1.47 bits per heavy atom. The number of amides is 2. The molecule has 4 aromatic rings. The third-order valence-corrected chi connectivity index (χ3v) is 11.4. The van der Waals surface area contributed by atoms with Crippen LogP contribution in [0.3, 0.4) is 0 Å². The minimum absolute atomic E-state index is 0.0585. The molecule has 3 fully saturated rings. The first-order chi connectivity index (χ1) is 25.9. The molecule has 2 amide bonds. The van der Waals surface area contributed by atoms with E-state index in [9.17, 15) is 15.0 Å². The van der Waals surface area contributed by atoms with Gasteiger partial charge >= 0.3 is 5.97 Å². The highest BCUT2D eigenvalue weighted by Crippen LogP contribution is 2.65. The van der Waals surface area contributed by atoms with Crippen LogP contribution in [0.2, 0.25) is 0 Å². The zero-order chi connectivity index (χ0) is 36.5. The summed E-state index contributed by atoms with van der Waals surface area (Å²) in [5.41, 5.74) is 2.53. The Bertz CT molecular complexity index is 2050. The van der Waals surface area contributed by atoms with E-state index < -0.39 is 41.5 Å². The fourth-order valence-electron chi connectivity index (χ4n) is 9.19. The number of aliphatic hydroxyl groups excluding tert-OH is 1. The third kappa shape index (κ3) is 5.96. The van der Waals surface area contributed by atoms with Gasteiger partial charge in [-0.2, -0.15) is 0 Å². The summed E-state index contributed by atoms with van der Waals surface area (Å²) in [7, 11) is 0. The molecule has 6 atom stereocenters. The van der Waals surface area contributed by atoms with Gasteiger partial charge in [0.1, 0.15) is 23.3 Å². The molecule has 3 N–H and O–H groups in total. The monoisotopic (exact) mass is 709 g/mol. The highest BCUT2D eigenvalue weighted by Gasteiger charge is 2.74. The lowest BCUT2D eigenvalue weighted by Gasteiger charge is -2.46. The van der Waals surface area contributed by atoms with E-state index in [0.29, 0.717) is 35.5 Å². The number of rotatable bonds is 5. The fraction of sp³-hybridized carbons (Fsp3) is 0.341. The second kappa shape index (κ2) is 14.5. The van der Waals surface area contributed by atoms with Crippen LogP contribution in [-0.2, 0) is 24.5 Å². The zero-order valence-electron chi connectivity index (χ0n) is 29.5. The number of likely N-dealkylation sites (tertiary alicyclic amines) is 1. The summed E-state index contributed by atoms with van der Waals surface area (Å²) >= 11 is 0. The van der Waals surface area contributed by atoms with Crippen LogP contribution < -0.4 is 5.32 Å². The second-order valence-electron chi connectivity index (χ2n) is 14.4. The van der Waals surface area contributed by atoms with Gasteiger partial charge in [-0.05, 0) is 65.4 Å². The number of aromatic hydroxyl groups is 1. The molecule has 270 valence electrons. The van der Waals surface area contributed by atoms with Crippen LogP contribution in [0.4, 0.5) is 5.69 Å². The lowest BCUT2D eigenvalue weighted by molar-refractivity contribution is -0.179. The molecule has 3 saturated heterocycles. The Morgan fingerprint density at radius 1 is 0.811 bits per heavy atom. The highest BCUT2D eigenvalue weighted by molar-refractivity contribution is 6.12. The van der Waals surface area contributed by atoms with Crippen molar-refractivity contribution in [2.45, 2.75) is 68.2 Å². The largest absolute Gasteiger partial charge is 0.508 e. The maximum atomic E-state index is 15.5. The molecular weight excluding hydrogens is 666 g/mol. The van der Waals surface area contributed by atoms with E-state index in [4.69, 9.17) is 4.74 Å². The van der Waals surface area contributed by atoms with Crippen molar-refractivity contribution in [2.24, 2.45) is 5.92 Å². The standard InChI is InChI=1S/C44H43N3O6/c48-27-13-10-14-29-19-24-35-34(28-29)44(43(52)45-35)36(41(50)46-25-11-2-1-3-12-26-46)38-42(51)53-39(31-17-8-5-9-18-31)37(30-15-6-4-7-16-30)47(38)40(44)32-20-22-33(49)23-21-32/h4-9,15-24,28,36-40,48-49H,1-3,11-13,25-27H2,(H,45,52)/t36-,37-,38-,39+,40+,44-/m0/s1. The fourth-order valence-corrected chi connectivity index (χ4v) is 9.19. The molecule has 0 bridgehead atoms. The second-order valence-corrected chi connectivity index (χ2v) is 14.4. The Morgan fingerprint density at radius 3 is 2.15 bits per heavy atom. The van der Waals surface area contributed by atoms with Gasteiger partial charge in [-0.3, -0.25) is 19.3 Å². The summed E-state index contributed by atoms with van der Waals surface area (Å²) in [6, 6.07) is 29.1. The number of esters is 1. The normalized spacial score (nSPS) is 26.7. The van der Waals surface area contributed by atoms with Gasteiger partial charge in [0.2, 0.25) is 11.8 Å². The van der Waals surface area contributed by atoms with E-state index in [1.165, 1.54) is 0 Å².